The van der Waals surface area contributed by atoms with Gasteiger partial charge in [-0.25, -0.2) is 0 Å². The largest absolute Gasteiger partial charge is 0.507 e. The average Bonchev–Trinajstić information content (AvgIpc) is 3.20. The maximum atomic E-state index is 10.9. The van der Waals surface area contributed by atoms with E-state index in [-0.39, 0.29) is 5.75 Å². The Balaban J connectivity index is 1.46. The van der Waals surface area contributed by atoms with Gasteiger partial charge in [-0.1, -0.05) is 42.5 Å². The van der Waals surface area contributed by atoms with Gasteiger partial charge in [0.25, 0.3) is 0 Å². The Morgan fingerprint density at radius 2 is 1.53 bits per heavy atom. The molecule has 7 heteroatoms. The number of hydrogen-bond donors (Lipinski definition) is 1. The molecule has 1 aliphatic rings. The van der Waals surface area contributed by atoms with Crippen molar-refractivity contribution in [3.05, 3.63) is 67.0 Å². The first kappa shape index (κ1) is 18.8. The van der Waals surface area contributed by atoms with Gasteiger partial charge >= 0.3 is 0 Å². The van der Waals surface area contributed by atoms with Gasteiger partial charge in [-0.2, -0.15) is 0 Å². The van der Waals surface area contributed by atoms with Gasteiger partial charge in [0, 0.05) is 61.4 Å². The lowest BCUT2D eigenvalue weighted by Crippen LogP contribution is -2.46. The van der Waals surface area contributed by atoms with Crippen molar-refractivity contribution in [2.24, 2.45) is 7.05 Å². The van der Waals surface area contributed by atoms with E-state index < -0.39 is 0 Å². The summed E-state index contributed by atoms with van der Waals surface area (Å²) < 4.78 is 1.86. The molecule has 0 amide bonds. The second-order valence-electron chi connectivity index (χ2n) is 7.43. The van der Waals surface area contributed by atoms with Crippen LogP contribution in [0.25, 0.3) is 10.8 Å². The number of para-hydroxylation sites is 1. The van der Waals surface area contributed by atoms with Crippen molar-refractivity contribution in [3.63, 3.8) is 0 Å². The maximum Gasteiger partial charge on any atom is 0.195 e. The highest BCUT2D eigenvalue weighted by atomic mass is 32.2. The molecule has 1 saturated heterocycles. The van der Waals surface area contributed by atoms with Gasteiger partial charge in [0.05, 0.1) is 4.90 Å². The first-order valence-corrected chi connectivity index (χ1v) is 10.8. The fourth-order valence-electron chi connectivity index (χ4n) is 3.98. The molecule has 0 bridgehead atoms. The highest BCUT2D eigenvalue weighted by Gasteiger charge is 2.22. The second-order valence-corrected chi connectivity index (χ2v) is 8.40. The molecule has 4 aromatic rings. The van der Waals surface area contributed by atoms with E-state index in [2.05, 4.69) is 68.5 Å². The topological polar surface area (TPSA) is 57.4 Å². The van der Waals surface area contributed by atoms with Crippen molar-refractivity contribution in [1.29, 1.82) is 0 Å². The van der Waals surface area contributed by atoms with Crippen molar-refractivity contribution in [2.45, 2.75) is 10.1 Å². The molecule has 1 N–H and O–H groups in total. The minimum atomic E-state index is 0.280. The number of aromatic hydroxyl groups is 1. The van der Waals surface area contributed by atoms with Gasteiger partial charge in [-0.05, 0) is 23.9 Å². The number of fused-ring (bicyclic) bond motifs is 1. The normalized spacial score (nSPS) is 14.4. The van der Waals surface area contributed by atoms with E-state index in [0.717, 1.165) is 52.7 Å². The monoisotopic (exact) mass is 417 g/mol. The van der Waals surface area contributed by atoms with Crippen LogP contribution in [-0.2, 0) is 7.05 Å². The van der Waals surface area contributed by atoms with Crippen LogP contribution in [0, 0.1) is 0 Å². The Labute approximate surface area is 179 Å². The Morgan fingerprint density at radius 3 is 2.23 bits per heavy atom. The van der Waals surface area contributed by atoms with Crippen LogP contribution in [0.2, 0.25) is 0 Å². The Hall–Kier alpha value is -3.19. The van der Waals surface area contributed by atoms with Crippen LogP contribution in [0.15, 0.2) is 77.0 Å². The zero-order valence-electron chi connectivity index (χ0n) is 16.8. The fraction of sp³-hybridized carbons (Fsp3) is 0.217. The van der Waals surface area contributed by atoms with Gasteiger partial charge in [0.15, 0.2) is 5.16 Å². The van der Waals surface area contributed by atoms with Crippen LogP contribution in [0.5, 0.6) is 5.75 Å². The summed E-state index contributed by atoms with van der Waals surface area (Å²) in [5.41, 5.74) is 2.35. The highest BCUT2D eigenvalue weighted by Crippen LogP contribution is 2.43. The number of piperazine rings is 1. The zero-order chi connectivity index (χ0) is 20.5. The van der Waals surface area contributed by atoms with Gasteiger partial charge in [0.2, 0.25) is 0 Å². The standard InChI is InChI=1S/C23H23N5OS/c1-26-16-24-25-23(26)30-22-19-10-6-5-9-18(19)20(15-21(22)29)28-13-11-27(12-14-28)17-7-3-2-4-8-17/h2-10,15-16,29H,11-14H2,1H3. The molecule has 0 atom stereocenters. The van der Waals surface area contributed by atoms with Gasteiger partial charge in [-0.15, -0.1) is 10.2 Å². The van der Waals surface area contributed by atoms with Crippen molar-refractivity contribution in [3.8, 4) is 5.75 Å². The molecule has 30 heavy (non-hydrogen) atoms. The molecule has 0 aliphatic carbocycles. The molecule has 0 spiro atoms. The van der Waals surface area contributed by atoms with Gasteiger partial charge < -0.3 is 19.5 Å². The summed E-state index contributed by atoms with van der Waals surface area (Å²) in [5, 5.41) is 22.0. The summed E-state index contributed by atoms with van der Waals surface area (Å²) in [6, 6.07) is 20.7. The lowest BCUT2D eigenvalue weighted by atomic mass is 10.1. The van der Waals surface area contributed by atoms with Crippen molar-refractivity contribution >= 4 is 33.9 Å². The SMILES string of the molecule is Cn1cnnc1Sc1c(O)cc(N2CCN(c3ccccc3)CC2)c2ccccc12. The number of aryl methyl sites for hydroxylation is 1. The highest BCUT2D eigenvalue weighted by molar-refractivity contribution is 7.99. The first-order valence-electron chi connectivity index (χ1n) is 10.0. The molecule has 152 valence electrons. The summed E-state index contributed by atoms with van der Waals surface area (Å²) in [6.07, 6.45) is 1.67. The number of nitrogens with zero attached hydrogens (tertiary/aromatic N) is 5. The summed E-state index contributed by atoms with van der Waals surface area (Å²) in [5.74, 6) is 0.280. The lowest BCUT2D eigenvalue weighted by molar-refractivity contribution is 0.463. The van der Waals surface area contributed by atoms with Crippen LogP contribution in [0.1, 0.15) is 0 Å². The molecule has 6 nitrogen and oxygen atoms in total. The zero-order valence-corrected chi connectivity index (χ0v) is 17.6. The number of aromatic nitrogens is 3. The number of benzene rings is 3. The van der Waals surface area contributed by atoms with E-state index in [0.29, 0.717) is 0 Å². The molecule has 0 radical (unpaired) electrons. The van der Waals surface area contributed by atoms with Crippen LogP contribution in [-0.4, -0.2) is 46.1 Å². The third-order valence-electron chi connectivity index (χ3n) is 5.56. The smallest absolute Gasteiger partial charge is 0.195 e. The Morgan fingerprint density at radius 1 is 0.867 bits per heavy atom. The third kappa shape index (κ3) is 3.45. The van der Waals surface area contributed by atoms with Crippen LogP contribution in [0.4, 0.5) is 11.4 Å². The quantitative estimate of drug-likeness (QED) is 0.538. The van der Waals surface area contributed by atoms with Crippen LogP contribution >= 0.6 is 11.8 Å². The Kier molecular flexibility index (Phi) is 4.96. The maximum absolute atomic E-state index is 10.9. The number of anilines is 2. The van der Waals surface area contributed by atoms with E-state index in [4.69, 9.17) is 0 Å². The van der Waals surface area contributed by atoms with E-state index >= 15 is 0 Å². The molecule has 0 saturated carbocycles. The third-order valence-corrected chi connectivity index (χ3v) is 6.74. The molecule has 1 aromatic heterocycles. The number of phenolic OH excluding ortho intramolecular Hbond substituents is 1. The first-order chi connectivity index (χ1) is 14.7. The van der Waals surface area contributed by atoms with Crippen molar-refractivity contribution < 1.29 is 5.11 Å². The molecule has 5 rings (SSSR count). The van der Waals surface area contributed by atoms with Gasteiger partial charge in [-0.3, -0.25) is 0 Å². The molecule has 0 unspecified atom stereocenters. The minimum absolute atomic E-state index is 0.280. The van der Waals surface area contributed by atoms with Gasteiger partial charge in [0.1, 0.15) is 12.1 Å². The minimum Gasteiger partial charge on any atom is -0.507 e. The summed E-state index contributed by atoms with van der Waals surface area (Å²) in [7, 11) is 1.90. The van der Waals surface area contributed by atoms with Crippen LogP contribution in [0.3, 0.4) is 0 Å². The van der Waals surface area contributed by atoms with Crippen molar-refractivity contribution in [1.82, 2.24) is 14.8 Å². The summed E-state index contributed by atoms with van der Waals surface area (Å²) >= 11 is 1.44. The predicted octanol–water partition coefficient (Wildman–Crippen LogP) is 4.15. The van der Waals surface area contributed by atoms with E-state index in [9.17, 15) is 5.11 Å². The average molecular weight is 418 g/mol. The molecular weight excluding hydrogens is 394 g/mol. The predicted molar refractivity (Wildman–Crippen MR) is 122 cm³/mol. The summed E-state index contributed by atoms with van der Waals surface area (Å²) in [6.45, 7) is 3.73. The lowest BCUT2D eigenvalue weighted by Gasteiger charge is -2.38. The van der Waals surface area contributed by atoms with E-state index in [1.807, 2.05) is 23.7 Å². The number of hydrogen-bond acceptors (Lipinski definition) is 6. The molecule has 3 aromatic carbocycles. The van der Waals surface area contributed by atoms with E-state index in [1.54, 1.807) is 6.33 Å². The second kappa shape index (κ2) is 7.91. The molecule has 1 aliphatic heterocycles. The van der Waals surface area contributed by atoms with E-state index in [1.165, 1.54) is 17.4 Å². The van der Waals surface area contributed by atoms with Crippen LogP contribution < -0.4 is 9.80 Å². The fourth-order valence-corrected chi connectivity index (χ4v) is 4.90. The molecule has 1 fully saturated rings. The number of rotatable bonds is 4. The summed E-state index contributed by atoms with van der Waals surface area (Å²) in [4.78, 5) is 5.60. The number of phenols is 1. The Bertz CT molecular complexity index is 1170. The molecule has 2 heterocycles. The molecular formula is C23H23N5OS. The van der Waals surface area contributed by atoms with Crippen molar-refractivity contribution in [2.75, 3.05) is 36.0 Å².